The van der Waals surface area contributed by atoms with Gasteiger partial charge in [0.05, 0.1) is 17.4 Å². The molecule has 1 aromatic heterocycles. The summed E-state index contributed by atoms with van der Waals surface area (Å²) < 4.78 is 16.0. The molecule has 0 radical (unpaired) electrons. The third-order valence-corrected chi connectivity index (χ3v) is 5.05. The molecule has 1 heterocycles. The van der Waals surface area contributed by atoms with Crippen LogP contribution in [-0.4, -0.2) is 16.7 Å². The number of rotatable bonds is 4. The van der Waals surface area contributed by atoms with E-state index < -0.39 is 0 Å². The number of halogens is 2. The minimum atomic E-state index is -0.332. The molecular formula is C22H17BrFN3O. The van der Waals surface area contributed by atoms with Crippen molar-refractivity contribution < 1.29 is 4.39 Å². The highest BCUT2D eigenvalue weighted by Gasteiger charge is 2.16. The van der Waals surface area contributed by atoms with E-state index in [-0.39, 0.29) is 11.4 Å². The fourth-order valence-electron chi connectivity index (χ4n) is 3.15. The van der Waals surface area contributed by atoms with Crippen molar-refractivity contribution in [2.45, 2.75) is 6.54 Å². The van der Waals surface area contributed by atoms with Gasteiger partial charge in [0.15, 0.2) is 5.82 Å². The van der Waals surface area contributed by atoms with Crippen LogP contribution in [0.5, 0.6) is 0 Å². The summed E-state index contributed by atoms with van der Waals surface area (Å²) in [5, 5.41) is 2.36. The quantitative estimate of drug-likeness (QED) is 0.462. The summed E-state index contributed by atoms with van der Waals surface area (Å²) in [6.45, 7) is 0.515. The highest BCUT2D eigenvalue weighted by Crippen LogP contribution is 2.20. The zero-order chi connectivity index (χ0) is 19.7. The van der Waals surface area contributed by atoms with Crippen LogP contribution in [0.25, 0.3) is 22.3 Å². The molecule has 0 saturated carbocycles. The van der Waals surface area contributed by atoms with Gasteiger partial charge < -0.3 is 5.01 Å². The molecule has 0 aliphatic rings. The maximum absolute atomic E-state index is 13.4. The number of hydrogen-bond donors (Lipinski definition) is 0. The third kappa shape index (κ3) is 3.55. The van der Waals surface area contributed by atoms with Crippen molar-refractivity contribution in [1.82, 2.24) is 9.66 Å². The van der Waals surface area contributed by atoms with E-state index >= 15 is 0 Å². The van der Waals surface area contributed by atoms with E-state index in [2.05, 4.69) is 15.9 Å². The highest BCUT2D eigenvalue weighted by atomic mass is 79.9. The van der Waals surface area contributed by atoms with E-state index in [1.165, 1.54) is 12.1 Å². The smallest absolute Gasteiger partial charge is 0.280 e. The molecule has 4 nitrogen and oxygen atoms in total. The first-order valence-electron chi connectivity index (χ1n) is 8.76. The summed E-state index contributed by atoms with van der Waals surface area (Å²) in [5.41, 5.74) is 2.17. The van der Waals surface area contributed by atoms with Crippen LogP contribution in [0.15, 0.2) is 82.1 Å². The molecule has 0 spiro atoms. The van der Waals surface area contributed by atoms with Crippen LogP contribution in [-0.2, 0) is 6.54 Å². The summed E-state index contributed by atoms with van der Waals surface area (Å²) in [5.74, 6) is 0.143. The Balaban J connectivity index is 1.88. The SMILES string of the molecule is CN(Cc1ccc(Br)cc1)n1c(-c2ccc(F)cc2)nc2ccccc2c1=O. The summed E-state index contributed by atoms with van der Waals surface area (Å²) >= 11 is 3.43. The summed E-state index contributed by atoms with van der Waals surface area (Å²) in [4.78, 5) is 18.0. The second kappa shape index (κ2) is 7.56. The Hall–Kier alpha value is -2.99. The number of nitrogens with zero attached hydrogens (tertiary/aromatic N) is 3. The van der Waals surface area contributed by atoms with E-state index in [9.17, 15) is 9.18 Å². The third-order valence-electron chi connectivity index (χ3n) is 4.52. The average molecular weight is 438 g/mol. The molecule has 4 aromatic rings. The average Bonchev–Trinajstić information content (AvgIpc) is 2.70. The van der Waals surface area contributed by atoms with Crippen LogP contribution < -0.4 is 10.6 Å². The molecule has 0 amide bonds. The molecular weight excluding hydrogens is 421 g/mol. The number of aromatic nitrogens is 2. The van der Waals surface area contributed by atoms with E-state index in [4.69, 9.17) is 4.98 Å². The Morgan fingerprint density at radius 1 is 1.00 bits per heavy atom. The van der Waals surface area contributed by atoms with Crippen molar-refractivity contribution in [3.8, 4) is 11.4 Å². The van der Waals surface area contributed by atoms with Crippen molar-refractivity contribution in [2.75, 3.05) is 12.1 Å². The molecule has 4 rings (SSSR count). The fourth-order valence-corrected chi connectivity index (χ4v) is 3.42. The zero-order valence-electron chi connectivity index (χ0n) is 15.1. The molecule has 0 bridgehead atoms. The lowest BCUT2D eigenvalue weighted by atomic mass is 10.2. The van der Waals surface area contributed by atoms with Gasteiger partial charge in [-0.25, -0.2) is 14.1 Å². The van der Waals surface area contributed by atoms with Crippen LogP contribution in [0.1, 0.15) is 5.56 Å². The minimum absolute atomic E-state index is 0.162. The van der Waals surface area contributed by atoms with Crippen LogP contribution in [0, 0.1) is 5.82 Å². The predicted octanol–water partition coefficient (Wildman–Crippen LogP) is 4.73. The standard InChI is InChI=1S/C22H17BrFN3O/c1-26(14-15-6-10-17(23)11-7-15)27-21(16-8-12-18(24)13-9-16)25-20-5-3-2-4-19(20)22(27)28/h2-13H,14H2,1H3. The topological polar surface area (TPSA) is 38.1 Å². The second-order valence-corrected chi connectivity index (χ2v) is 7.43. The normalized spacial score (nSPS) is 11.0. The van der Waals surface area contributed by atoms with Gasteiger partial charge >= 0.3 is 0 Å². The second-order valence-electron chi connectivity index (χ2n) is 6.52. The van der Waals surface area contributed by atoms with Crippen LogP contribution in [0.4, 0.5) is 4.39 Å². The lowest BCUT2D eigenvalue weighted by Crippen LogP contribution is -2.40. The van der Waals surface area contributed by atoms with Crippen molar-refractivity contribution in [3.05, 3.63) is 99.0 Å². The number of hydrogen-bond acceptors (Lipinski definition) is 3. The van der Waals surface area contributed by atoms with Gasteiger partial charge in [0, 0.05) is 17.1 Å². The number of benzene rings is 3. The molecule has 0 aliphatic heterocycles. The lowest BCUT2D eigenvalue weighted by molar-refractivity contribution is 0.623. The number of fused-ring (bicyclic) bond motifs is 1. The molecule has 140 valence electrons. The summed E-state index contributed by atoms with van der Waals surface area (Å²) in [6.07, 6.45) is 0. The molecule has 0 unspecified atom stereocenters. The van der Waals surface area contributed by atoms with E-state index in [1.54, 1.807) is 22.9 Å². The first kappa shape index (κ1) is 18.4. The van der Waals surface area contributed by atoms with Gasteiger partial charge in [-0.3, -0.25) is 4.79 Å². The van der Waals surface area contributed by atoms with Gasteiger partial charge in [0.2, 0.25) is 0 Å². The molecule has 0 saturated heterocycles. The maximum atomic E-state index is 13.4. The van der Waals surface area contributed by atoms with Gasteiger partial charge in [-0.15, -0.1) is 0 Å². The van der Waals surface area contributed by atoms with Crippen LogP contribution in [0.3, 0.4) is 0 Å². The molecule has 0 atom stereocenters. The fraction of sp³-hybridized carbons (Fsp3) is 0.0909. The predicted molar refractivity (Wildman–Crippen MR) is 113 cm³/mol. The lowest BCUT2D eigenvalue weighted by Gasteiger charge is -2.25. The zero-order valence-corrected chi connectivity index (χ0v) is 16.7. The Labute approximate surface area is 170 Å². The van der Waals surface area contributed by atoms with Gasteiger partial charge in [-0.05, 0) is 54.1 Å². The molecule has 0 N–H and O–H groups in total. The Morgan fingerprint density at radius 2 is 1.68 bits per heavy atom. The highest BCUT2D eigenvalue weighted by molar-refractivity contribution is 9.10. The van der Waals surface area contributed by atoms with Crippen LogP contribution in [0.2, 0.25) is 0 Å². The molecule has 0 aliphatic carbocycles. The van der Waals surface area contributed by atoms with Gasteiger partial charge in [-0.2, -0.15) is 0 Å². The van der Waals surface area contributed by atoms with E-state index in [1.807, 2.05) is 54.5 Å². The number of para-hydroxylation sites is 1. The maximum Gasteiger partial charge on any atom is 0.280 e. The van der Waals surface area contributed by atoms with E-state index in [0.717, 1.165) is 10.0 Å². The van der Waals surface area contributed by atoms with Gasteiger partial charge in [0.25, 0.3) is 5.56 Å². The Kier molecular flexibility index (Phi) is 4.96. The van der Waals surface area contributed by atoms with Crippen molar-refractivity contribution in [1.29, 1.82) is 0 Å². The first-order valence-corrected chi connectivity index (χ1v) is 9.56. The molecule has 3 aromatic carbocycles. The van der Waals surface area contributed by atoms with Crippen LogP contribution >= 0.6 is 15.9 Å². The monoisotopic (exact) mass is 437 g/mol. The van der Waals surface area contributed by atoms with Crippen molar-refractivity contribution in [2.24, 2.45) is 0 Å². The van der Waals surface area contributed by atoms with Gasteiger partial charge in [0.1, 0.15) is 5.82 Å². The Morgan fingerprint density at radius 3 is 2.39 bits per heavy atom. The van der Waals surface area contributed by atoms with Crippen molar-refractivity contribution >= 4 is 26.8 Å². The largest absolute Gasteiger partial charge is 0.307 e. The minimum Gasteiger partial charge on any atom is -0.307 e. The summed E-state index contributed by atoms with van der Waals surface area (Å²) in [7, 11) is 1.84. The Bertz CT molecular complexity index is 1190. The van der Waals surface area contributed by atoms with E-state index in [0.29, 0.717) is 28.8 Å². The molecule has 28 heavy (non-hydrogen) atoms. The molecule has 0 fully saturated rings. The van der Waals surface area contributed by atoms with Crippen molar-refractivity contribution in [3.63, 3.8) is 0 Å². The summed E-state index contributed by atoms with van der Waals surface area (Å²) in [6, 6.07) is 21.2. The first-order chi connectivity index (χ1) is 13.5. The molecule has 6 heteroatoms. The van der Waals surface area contributed by atoms with Gasteiger partial charge in [-0.1, -0.05) is 40.2 Å².